The SMILES string of the molecule is CC(C)n1nc(-c2nc(NCCN3CCOCC3)c(N)nc2-c2ccccc2)ccc1=O. The second-order valence-electron chi connectivity index (χ2n) is 8.00. The van der Waals surface area contributed by atoms with Gasteiger partial charge in [-0.2, -0.15) is 5.10 Å². The van der Waals surface area contributed by atoms with Crippen molar-refractivity contribution in [3.63, 3.8) is 0 Å². The highest BCUT2D eigenvalue weighted by atomic mass is 16.5. The lowest BCUT2D eigenvalue weighted by Gasteiger charge is -2.26. The number of anilines is 2. The van der Waals surface area contributed by atoms with Gasteiger partial charge in [0.25, 0.3) is 5.56 Å². The van der Waals surface area contributed by atoms with E-state index in [2.05, 4.69) is 20.3 Å². The Kier molecular flexibility index (Phi) is 6.77. The van der Waals surface area contributed by atoms with Crippen LogP contribution in [0.25, 0.3) is 22.6 Å². The van der Waals surface area contributed by atoms with Gasteiger partial charge in [-0.15, -0.1) is 0 Å². The van der Waals surface area contributed by atoms with E-state index < -0.39 is 0 Å². The zero-order valence-corrected chi connectivity index (χ0v) is 18.5. The van der Waals surface area contributed by atoms with Gasteiger partial charge >= 0.3 is 0 Å². The molecule has 1 aliphatic heterocycles. The van der Waals surface area contributed by atoms with Crippen molar-refractivity contribution < 1.29 is 4.74 Å². The Hall–Kier alpha value is -3.30. The van der Waals surface area contributed by atoms with Gasteiger partial charge in [0.2, 0.25) is 0 Å². The van der Waals surface area contributed by atoms with Gasteiger partial charge in [-0.3, -0.25) is 9.69 Å². The van der Waals surface area contributed by atoms with E-state index in [1.165, 1.54) is 10.7 Å². The highest BCUT2D eigenvalue weighted by molar-refractivity contribution is 5.79. The van der Waals surface area contributed by atoms with Crippen LogP contribution in [0.3, 0.4) is 0 Å². The summed E-state index contributed by atoms with van der Waals surface area (Å²) in [5.74, 6) is 0.837. The van der Waals surface area contributed by atoms with Gasteiger partial charge in [-0.25, -0.2) is 14.6 Å². The Morgan fingerprint density at radius 3 is 2.53 bits per heavy atom. The number of ether oxygens (including phenoxy) is 1. The first-order valence-corrected chi connectivity index (χ1v) is 10.9. The number of hydrogen-bond donors (Lipinski definition) is 2. The average molecular weight is 436 g/mol. The molecule has 2 aromatic heterocycles. The summed E-state index contributed by atoms with van der Waals surface area (Å²) in [6.45, 7) is 8.74. The lowest BCUT2D eigenvalue weighted by atomic mass is 10.1. The molecule has 4 rings (SSSR count). The van der Waals surface area contributed by atoms with Gasteiger partial charge in [0.1, 0.15) is 17.1 Å². The standard InChI is InChI=1S/C23H29N7O2/c1-16(2)30-19(31)9-8-18(28-30)21-20(17-6-4-3-5-7-17)26-22(24)23(27-21)25-10-11-29-12-14-32-15-13-29/h3-9,16H,10-15H2,1-2H3,(H2,24,26)(H,25,27). The minimum atomic E-state index is -0.155. The topological polar surface area (TPSA) is 111 Å². The van der Waals surface area contributed by atoms with Crippen LogP contribution in [0.4, 0.5) is 11.6 Å². The highest BCUT2D eigenvalue weighted by Crippen LogP contribution is 2.31. The van der Waals surface area contributed by atoms with E-state index in [1.54, 1.807) is 6.07 Å². The van der Waals surface area contributed by atoms with Crippen LogP contribution in [0.2, 0.25) is 0 Å². The molecule has 1 aliphatic rings. The molecule has 0 atom stereocenters. The van der Waals surface area contributed by atoms with Crippen molar-refractivity contribution >= 4 is 11.6 Å². The first-order valence-electron chi connectivity index (χ1n) is 10.9. The Balaban J connectivity index is 1.69. The zero-order chi connectivity index (χ0) is 22.5. The zero-order valence-electron chi connectivity index (χ0n) is 18.5. The number of rotatable bonds is 7. The molecule has 168 valence electrons. The lowest BCUT2D eigenvalue weighted by Crippen LogP contribution is -2.39. The van der Waals surface area contributed by atoms with Crippen LogP contribution in [-0.4, -0.2) is 64.0 Å². The molecule has 1 aromatic carbocycles. The third kappa shape index (κ3) is 4.95. The second kappa shape index (κ2) is 9.88. The summed E-state index contributed by atoms with van der Waals surface area (Å²) in [6.07, 6.45) is 0. The van der Waals surface area contributed by atoms with Crippen LogP contribution in [0.15, 0.2) is 47.3 Å². The van der Waals surface area contributed by atoms with Gasteiger partial charge < -0.3 is 15.8 Å². The summed E-state index contributed by atoms with van der Waals surface area (Å²) in [4.78, 5) is 24.0. The molecule has 0 spiro atoms. The molecule has 0 unspecified atom stereocenters. The maximum atomic E-state index is 12.2. The Morgan fingerprint density at radius 2 is 1.81 bits per heavy atom. The molecule has 9 nitrogen and oxygen atoms in total. The predicted molar refractivity (Wildman–Crippen MR) is 126 cm³/mol. The number of morpholine rings is 1. The quantitative estimate of drug-likeness (QED) is 0.581. The van der Waals surface area contributed by atoms with Crippen LogP contribution in [-0.2, 0) is 4.74 Å². The fourth-order valence-corrected chi connectivity index (χ4v) is 3.63. The van der Waals surface area contributed by atoms with Crippen molar-refractivity contribution in [2.75, 3.05) is 50.4 Å². The van der Waals surface area contributed by atoms with Crippen molar-refractivity contribution in [1.82, 2.24) is 24.6 Å². The number of nitrogens with zero attached hydrogens (tertiary/aromatic N) is 5. The average Bonchev–Trinajstić information content (AvgIpc) is 2.81. The maximum absolute atomic E-state index is 12.2. The molecule has 32 heavy (non-hydrogen) atoms. The normalized spacial score (nSPS) is 14.6. The molecule has 3 heterocycles. The summed E-state index contributed by atoms with van der Waals surface area (Å²) in [5, 5.41) is 7.88. The molecule has 0 bridgehead atoms. The van der Waals surface area contributed by atoms with E-state index in [-0.39, 0.29) is 11.6 Å². The van der Waals surface area contributed by atoms with Gasteiger partial charge in [-0.1, -0.05) is 30.3 Å². The van der Waals surface area contributed by atoms with Gasteiger partial charge in [0.15, 0.2) is 11.6 Å². The molecule has 9 heteroatoms. The third-order valence-corrected chi connectivity index (χ3v) is 5.35. The molecule has 0 radical (unpaired) electrons. The number of aromatic nitrogens is 4. The fraction of sp³-hybridized carbons (Fsp3) is 0.391. The summed E-state index contributed by atoms with van der Waals surface area (Å²) in [7, 11) is 0. The maximum Gasteiger partial charge on any atom is 0.267 e. The summed E-state index contributed by atoms with van der Waals surface area (Å²) in [6, 6.07) is 12.9. The first-order chi connectivity index (χ1) is 15.5. The van der Waals surface area contributed by atoms with Crippen LogP contribution in [0, 0.1) is 0 Å². The molecule has 0 amide bonds. The van der Waals surface area contributed by atoms with Crippen LogP contribution in [0.5, 0.6) is 0 Å². The van der Waals surface area contributed by atoms with Gasteiger partial charge in [0, 0.05) is 37.8 Å². The smallest absolute Gasteiger partial charge is 0.267 e. The van der Waals surface area contributed by atoms with Crippen LogP contribution >= 0.6 is 0 Å². The van der Waals surface area contributed by atoms with Crippen molar-refractivity contribution in [2.45, 2.75) is 19.9 Å². The summed E-state index contributed by atoms with van der Waals surface area (Å²) in [5.41, 5.74) is 8.78. The summed E-state index contributed by atoms with van der Waals surface area (Å²) < 4.78 is 6.85. The van der Waals surface area contributed by atoms with Crippen LogP contribution in [0.1, 0.15) is 19.9 Å². The number of nitrogens with one attached hydrogen (secondary N) is 1. The van der Waals surface area contributed by atoms with Gasteiger partial charge in [-0.05, 0) is 19.9 Å². The highest BCUT2D eigenvalue weighted by Gasteiger charge is 2.18. The van der Waals surface area contributed by atoms with E-state index in [4.69, 9.17) is 15.5 Å². The Bertz CT molecular complexity index is 1110. The predicted octanol–water partition coefficient (Wildman–Crippen LogP) is 2.27. The number of nitrogens with two attached hydrogens (primary N) is 1. The largest absolute Gasteiger partial charge is 0.381 e. The molecular weight excluding hydrogens is 406 g/mol. The van der Waals surface area contributed by atoms with Crippen molar-refractivity contribution in [3.8, 4) is 22.6 Å². The fourth-order valence-electron chi connectivity index (χ4n) is 3.63. The van der Waals surface area contributed by atoms with E-state index in [0.29, 0.717) is 35.3 Å². The van der Waals surface area contributed by atoms with E-state index in [9.17, 15) is 4.79 Å². The number of benzene rings is 1. The Morgan fingerprint density at radius 1 is 1.06 bits per heavy atom. The van der Waals surface area contributed by atoms with Crippen molar-refractivity contribution in [1.29, 1.82) is 0 Å². The third-order valence-electron chi connectivity index (χ3n) is 5.35. The lowest BCUT2D eigenvalue weighted by molar-refractivity contribution is 0.0398. The molecule has 1 saturated heterocycles. The minimum Gasteiger partial charge on any atom is -0.381 e. The van der Waals surface area contributed by atoms with E-state index >= 15 is 0 Å². The molecular formula is C23H29N7O2. The number of nitrogen functional groups attached to an aromatic ring is 1. The first kappa shape index (κ1) is 21.9. The van der Waals surface area contributed by atoms with Crippen LogP contribution < -0.4 is 16.6 Å². The monoisotopic (exact) mass is 435 g/mol. The summed E-state index contributed by atoms with van der Waals surface area (Å²) >= 11 is 0. The minimum absolute atomic E-state index is 0.0736. The molecule has 0 aliphatic carbocycles. The van der Waals surface area contributed by atoms with E-state index in [1.807, 2.05) is 44.2 Å². The molecule has 0 saturated carbocycles. The Labute approximate surface area is 187 Å². The van der Waals surface area contributed by atoms with Crippen molar-refractivity contribution in [2.24, 2.45) is 0 Å². The molecule has 3 aromatic rings. The van der Waals surface area contributed by atoms with E-state index in [0.717, 1.165) is 38.4 Å². The van der Waals surface area contributed by atoms with Gasteiger partial charge in [0.05, 0.1) is 19.3 Å². The number of hydrogen-bond acceptors (Lipinski definition) is 8. The van der Waals surface area contributed by atoms with Crippen molar-refractivity contribution in [3.05, 3.63) is 52.8 Å². The second-order valence-corrected chi connectivity index (χ2v) is 8.00. The molecule has 1 fully saturated rings. The molecule has 3 N–H and O–H groups in total.